The second-order valence-electron chi connectivity index (χ2n) is 5.08. The summed E-state index contributed by atoms with van der Waals surface area (Å²) in [6, 6.07) is 9.45. The minimum Gasteiger partial charge on any atom is -0.340 e. The van der Waals surface area contributed by atoms with Gasteiger partial charge in [-0.15, -0.1) is 0 Å². The van der Waals surface area contributed by atoms with Gasteiger partial charge in [-0.2, -0.15) is 5.10 Å². The number of benzene rings is 1. The first-order chi connectivity index (χ1) is 10.1. The van der Waals surface area contributed by atoms with Crippen LogP contribution in [0.1, 0.15) is 18.0 Å². The van der Waals surface area contributed by atoms with Crippen molar-refractivity contribution < 1.29 is 14.0 Å². The summed E-state index contributed by atoms with van der Waals surface area (Å²) in [6.45, 7) is 0. The first-order valence-electron chi connectivity index (χ1n) is 6.76. The molecule has 112 valence electrons. The number of hydrazone groups is 1. The monoisotopic (exact) mass is 292 g/mol. The summed E-state index contributed by atoms with van der Waals surface area (Å²) in [5.74, 6) is -0.321. The molecule has 21 heavy (non-hydrogen) atoms. The van der Waals surface area contributed by atoms with Crippen LogP contribution in [0.5, 0.6) is 0 Å². The fraction of sp³-hybridized carbons (Fsp3) is 0.429. The van der Waals surface area contributed by atoms with E-state index in [0.29, 0.717) is 6.42 Å². The molecule has 1 N–H and O–H groups in total. The number of nitrogens with one attached hydrogen (secondary N) is 1. The molecule has 1 aromatic carbocycles. The smallest absolute Gasteiger partial charge is 0.314 e. The number of fused-ring (bicyclic) bond motifs is 1. The minimum atomic E-state index is -1.09. The standard InChI is InChI=1S/C14H17FN4O2/c1-18(21-2)14(20)12-16-13-10(15)8-11(19(13)17-12)9-6-4-3-5-7-9/h3-7,10-11,13H,8H2,1-2H3,(H,16,17). The van der Waals surface area contributed by atoms with Gasteiger partial charge >= 0.3 is 5.91 Å². The predicted octanol–water partition coefficient (Wildman–Crippen LogP) is 1.03. The third-order valence-corrected chi connectivity index (χ3v) is 3.84. The van der Waals surface area contributed by atoms with Gasteiger partial charge in [-0.1, -0.05) is 30.3 Å². The molecule has 3 unspecified atom stereocenters. The van der Waals surface area contributed by atoms with Gasteiger partial charge in [0.15, 0.2) is 0 Å². The third kappa shape index (κ3) is 2.33. The molecule has 1 amide bonds. The number of alkyl halides is 1. The molecule has 0 aromatic heterocycles. The summed E-state index contributed by atoms with van der Waals surface area (Å²) in [4.78, 5) is 16.9. The lowest BCUT2D eigenvalue weighted by atomic mass is 10.1. The second-order valence-corrected chi connectivity index (χ2v) is 5.08. The van der Waals surface area contributed by atoms with E-state index in [1.165, 1.54) is 14.2 Å². The van der Waals surface area contributed by atoms with Crippen molar-refractivity contribution in [1.29, 1.82) is 0 Å². The molecular formula is C14H17FN4O2. The van der Waals surface area contributed by atoms with Gasteiger partial charge in [-0.3, -0.25) is 14.6 Å². The van der Waals surface area contributed by atoms with Gasteiger partial charge in [0.2, 0.25) is 5.84 Å². The molecule has 3 rings (SSSR count). The molecule has 2 aliphatic heterocycles. The Morgan fingerprint density at radius 2 is 2.19 bits per heavy atom. The molecule has 0 saturated carbocycles. The predicted molar refractivity (Wildman–Crippen MR) is 74.7 cm³/mol. The van der Waals surface area contributed by atoms with Crippen LogP contribution in [0.3, 0.4) is 0 Å². The summed E-state index contributed by atoms with van der Waals surface area (Å²) in [5, 5.41) is 9.79. The van der Waals surface area contributed by atoms with Gasteiger partial charge < -0.3 is 5.32 Å². The highest BCUT2D eigenvalue weighted by Gasteiger charge is 2.47. The van der Waals surface area contributed by atoms with Crippen LogP contribution < -0.4 is 5.32 Å². The lowest BCUT2D eigenvalue weighted by Crippen LogP contribution is -2.45. The summed E-state index contributed by atoms with van der Waals surface area (Å²) in [5.41, 5.74) is 0.988. The number of carbonyl (C=O) groups is 1. The molecule has 1 saturated heterocycles. The average molecular weight is 292 g/mol. The van der Waals surface area contributed by atoms with Crippen LogP contribution in [0.2, 0.25) is 0 Å². The Labute approximate surface area is 122 Å². The van der Waals surface area contributed by atoms with E-state index in [9.17, 15) is 9.18 Å². The van der Waals surface area contributed by atoms with E-state index in [-0.39, 0.29) is 11.9 Å². The van der Waals surface area contributed by atoms with Crippen molar-refractivity contribution in [3.05, 3.63) is 35.9 Å². The van der Waals surface area contributed by atoms with Gasteiger partial charge in [-0.25, -0.2) is 9.45 Å². The first-order valence-corrected chi connectivity index (χ1v) is 6.76. The van der Waals surface area contributed by atoms with E-state index in [1.807, 2.05) is 30.3 Å². The highest BCUT2D eigenvalue weighted by Crippen LogP contribution is 2.39. The maximum Gasteiger partial charge on any atom is 0.314 e. The Kier molecular flexibility index (Phi) is 3.50. The zero-order valence-corrected chi connectivity index (χ0v) is 11.9. The Balaban J connectivity index is 1.85. The SMILES string of the molecule is CON(C)C(=O)C1=NN2C(c3ccccc3)CC(F)C2N1. The van der Waals surface area contributed by atoms with Crippen molar-refractivity contribution in [2.75, 3.05) is 14.2 Å². The number of amides is 1. The van der Waals surface area contributed by atoms with Gasteiger partial charge in [0.05, 0.1) is 13.2 Å². The molecule has 1 fully saturated rings. The van der Waals surface area contributed by atoms with E-state index in [2.05, 4.69) is 10.4 Å². The van der Waals surface area contributed by atoms with Crippen LogP contribution in [0.4, 0.5) is 4.39 Å². The third-order valence-electron chi connectivity index (χ3n) is 3.84. The Morgan fingerprint density at radius 1 is 1.48 bits per heavy atom. The van der Waals surface area contributed by atoms with E-state index in [4.69, 9.17) is 4.84 Å². The van der Waals surface area contributed by atoms with Crippen molar-refractivity contribution in [2.45, 2.75) is 24.8 Å². The minimum absolute atomic E-state index is 0.104. The first kappa shape index (κ1) is 13.8. The Hall–Kier alpha value is -2.15. The van der Waals surface area contributed by atoms with E-state index in [1.54, 1.807) is 5.01 Å². The Morgan fingerprint density at radius 3 is 2.86 bits per heavy atom. The lowest BCUT2D eigenvalue weighted by molar-refractivity contribution is -0.160. The zero-order chi connectivity index (χ0) is 15.0. The van der Waals surface area contributed by atoms with Crippen molar-refractivity contribution in [1.82, 2.24) is 15.4 Å². The van der Waals surface area contributed by atoms with Gasteiger partial charge in [0, 0.05) is 13.5 Å². The number of hydrogen-bond donors (Lipinski definition) is 1. The molecule has 2 aliphatic rings. The number of likely N-dealkylation sites (N-methyl/N-ethyl adjacent to an activating group) is 1. The number of nitrogens with zero attached hydrogens (tertiary/aromatic N) is 3. The summed E-state index contributed by atoms with van der Waals surface area (Å²) < 4.78 is 14.2. The summed E-state index contributed by atoms with van der Waals surface area (Å²) in [7, 11) is 2.87. The van der Waals surface area contributed by atoms with E-state index < -0.39 is 18.2 Å². The van der Waals surface area contributed by atoms with Crippen molar-refractivity contribution in [3.63, 3.8) is 0 Å². The number of carbonyl (C=O) groups excluding carboxylic acids is 1. The van der Waals surface area contributed by atoms with Crippen LogP contribution in [0, 0.1) is 0 Å². The van der Waals surface area contributed by atoms with Crippen LogP contribution in [0.15, 0.2) is 35.4 Å². The number of rotatable bonds is 3. The molecule has 0 aliphatic carbocycles. The topological polar surface area (TPSA) is 57.2 Å². The zero-order valence-electron chi connectivity index (χ0n) is 11.9. The molecule has 0 bridgehead atoms. The maximum absolute atomic E-state index is 14.2. The number of hydrogen-bond acceptors (Lipinski definition) is 5. The van der Waals surface area contributed by atoms with E-state index >= 15 is 0 Å². The van der Waals surface area contributed by atoms with Crippen molar-refractivity contribution in [2.24, 2.45) is 5.10 Å². The highest BCUT2D eigenvalue weighted by molar-refractivity contribution is 6.37. The van der Waals surface area contributed by atoms with Gasteiger partial charge in [0.25, 0.3) is 0 Å². The number of hydroxylamine groups is 2. The normalized spacial score (nSPS) is 27.1. The molecular weight excluding hydrogens is 275 g/mol. The summed E-state index contributed by atoms with van der Waals surface area (Å²) in [6.07, 6.45) is -1.33. The molecule has 0 radical (unpaired) electrons. The quantitative estimate of drug-likeness (QED) is 0.846. The van der Waals surface area contributed by atoms with Crippen LogP contribution in [-0.2, 0) is 9.63 Å². The largest absolute Gasteiger partial charge is 0.340 e. The summed E-state index contributed by atoms with van der Waals surface area (Å²) >= 11 is 0. The lowest BCUT2D eigenvalue weighted by Gasteiger charge is -2.21. The fourth-order valence-corrected chi connectivity index (χ4v) is 2.68. The van der Waals surface area contributed by atoms with Gasteiger partial charge in [0.1, 0.15) is 12.3 Å². The van der Waals surface area contributed by atoms with Crippen LogP contribution in [0.25, 0.3) is 0 Å². The number of halogens is 1. The van der Waals surface area contributed by atoms with Crippen LogP contribution in [-0.4, -0.2) is 48.3 Å². The molecule has 1 aromatic rings. The average Bonchev–Trinajstić information content (AvgIpc) is 3.07. The van der Waals surface area contributed by atoms with Crippen molar-refractivity contribution in [3.8, 4) is 0 Å². The van der Waals surface area contributed by atoms with Gasteiger partial charge in [-0.05, 0) is 5.56 Å². The highest BCUT2D eigenvalue weighted by atomic mass is 19.1. The van der Waals surface area contributed by atoms with Crippen LogP contribution >= 0.6 is 0 Å². The molecule has 6 nitrogen and oxygen atoms in total. The molecule has 3 atom stereocenters. The fourth-order valence-electron chi connectivity index (χ4n) is 2.68. The van der Waals surface area contributed by atoms with Crippen molar-refractivity contribution >= 4 is 11.7 Å². The molecule has 0 spiro atoms. The molecule has 2 heterocycles. The van der Waals surface area contributed by atoms with E-state index in [0.717, 1.165) is 10.6 Å². The second kappa shape index (κ2) is 5.33. The molecule has 7 heteroatoms. The Bertz CT molecular complexity index is 565. The maximum atomic E-state index is 14.2. The number of amidine groups is 1.